The van der Waals surface area contributed by atoms with E-state index < -0.39 is 0 Å². The van der Waals surface area contributed by atoms with Crippen molar-refractivity contribution in [2.24, 2.45) is 16.6 Å². The molecule has 5 nitrogen and oxygen atoms in total. The lowest BCUT2D eigenvalue weighted by atomic mass is 10.3. The van der Waals surface area contributed by atoms with Gasteiger partial charge in [0.25, 0.3) is 0 Å². The molecule has 96 valence electrons. The minimum atomic E-state index is -0.0610. The van der Waals surface area contributed by atoms with Crippen molar-refractivity contribution < 1.29 is 0 Å². The maximum Gasteiger partial charge on any atom is 0.127 e. The molecule has 3 N–H and O–H groups in total. The van der Waals surface area contributed by atoms with Crippen LogP contribution in [0.1, 0.15) is 12.8 Å². The summed E-state index contributed by atoms with van der Waals surface area (Å²) in [6, 6.07) is 0. The van der Waals surface area contributed by atoms with E-state index in [9.17, 15) is 0 Å². The number of likely N-dealkylation sites (N-methyl/N-ethyl adjacent to an activating group) is 1. The highest BCUT2D eigenvalue weighted by Crippen LogP contribution is 2.27. The molecular formula is C12H23N5. The molecule has 1 fully saturated rings. The first-order valence-electron chi connectivity index (χ1n) is 6.31. The Morgan fingerprint density at radius 3 is 2.88 bits per heavy atom. The molecular weight excluding hydrogens is 214 g/mol. The van der Waals surface area contributed by atoms with E-state index in [1.807, 2.05) is 12.4 Å². The van der Waals surface area contributed by atoms with Gasteiger partial charge in [-0.1, -0.05) is 0 Å². The number of hydrogen-bond donors (Lipinski definition) is 2. The molecule has 1 atom stereocenters. The van der Waals surface area contributed by atoms with Gasteiger partial charge in [0.1, 0.15) is 12.0 Å². The first-order valence-corrected chi connectivity index (χ1v) is 6.31. The van der Waals surface area contributed by atoms with Crippen LogP contribution < -0.4 is 11.1 Å². The monoisotopic (exact) mass is 237 g/mol. The number of rotatable bonds is 6. The second-order valence-electron chi connectivity index (χ2n) is 5.15. The van der Waals surface area contributed by atoms with Crippen LogP contribution in [0.15, 0.2) is 16.9 Å². The molecule has 2 rings (SSSR count). The van der Waals surface area contributed by atoms with E-state index in [0.29, 0.717) is 0 Å². The van der Waals surface area contributed by atoms with E-state index in [1.54, 1.807) is 0 Å². The Hall–Kier alpha value is -1.07. The van der Waals surface area contributed by atoms with Gasteiger partial charge in [-0.25, -0.2) is 4.99 Å². The van der Waals surface area contributed by atoms with Gasteiger partial charge in [-0.3, -0.25) is 0 Å². The topological polar surface area (TPSA) is 56.9 Å². The molecule has 0 aromatic carbocycles. The van der Waals surface area contributed by atoms with E-state index in [-0.39, 0.29) is 6.17 Å². The predicted octanol–water partition coefficient (Wildman–Crippen LogP) is 0.0177. The molecule has 1 unspecified atom stereocenters. The van der Waals surface area contributed by atoms with Crippen LogP contribution in [0.4, 0.5) is 0 Å². The molecule has 1 aliphatic heterocycles. The normalized spacial score (nSPS) is 24.1. The third-order valence-electron chi connectivity index (χ3n) is 3.13. The van der Waals surface area contributed by atoms with Gasteiger partial charge in [0.2, 0.25) is 0 Å². The molecule has 1 heterocycles. The standard InChI is InChI=1S/C12H23N5/c1-16(2)5-6-17-9-15-12(7-11(17)13)14-8-10-3-4-10/h7,9-11,14H,3-6,8,13H2,1-2H3. The average molecular weight is 237 g/mol. The van der Waals surface area contributed by atoms with Gasteiger partial charge < -0.3 is 20.9 Å². The van der Waals surface area contributed by atoms with E-state index in [0.717, 1.165) is 31.4 Å². The SMILES string of the molecule is CN(C)CCN1C=NC(NCC2CC2)=CC1N. The molecule has 1 aliphatic carbocycles. The van der Waals surface area contributed by atoms with Gasteiger partial charge in [0.15, 0.2) is 0 Å². The maximum atomic E-state index is 6.08. The van der Waals surface area contributed by atoms with Crippen molar-refractivity contribution in [3.05, 3.63) is 11.9 Å². The summed E-state index contributed by atoms with van der Waals surface area (Å²) < 4.78 is 0. The second-order valence-corrected chi connectivity index (χ2v) is 5.15. The predicted molar refractivity (Wildman–Crippen MR) is 70.5 cm³/mol. The van der Waals surface area contributed by atoms with E-state index in [2.05, 4.69) is 34.2 Å². The van der Waals surface area contributed by atoms with Crippen molar-refractivity contribution in [1.29, 1.82) is 0 Å². The third-order valence-corrected chi connectivity index (χ3v) is 3.13. The quantitative estimate of drug-likeness (QED) is 0.684. The Balaban J connectivity index is 1.76. The van der Waals surface area contributed by atoms with E-state index in [1.165, 1.54) is 12.8 Å². The Morgan fingerprint density at radius 1 is 1.53 bits per heavy atom. The highest BCUT2D eigenvalue weighted by molar-refractivity contribution is 5.59. The fourth-order valence-corrected chi connectivity index (χ4v) is 1.71. The number of hydrogen-bond acceptors (Lipinski definition) is 5. The molecule has 0 spiro atoms. The highest BCUT2D eigenvalue weighted by Gasteiger charge is 2.21. The Kier molecular flexibility index (Phi) is 4.02. The summed E-state index contributed by atoms with van der Waals surface area (Å²) in [5.74, 6) is 1.78. The van der Waals surface area contributed by atoms with Crippen LogP contribution in [0, 0.1) is 5.92 Å². The molecule has 0 bridgehead atoms. The minimum absolute atomic E-state index is 0.0610. The fourth-order valence-electron chi connectivity index (χ4n) is 1.71. The first-order chi connectivity index (χ1) is 8.15. The molecule has 5 heteroatoms. The molecule has 2 aliphatic rings. The molecule has 0 aromatic rings. The van der Waals surface area contributed by atoms with Crippen LogP contribution in [0.2, 0.25) is 0 Å². The summed E-state index contributed by atoms with van der Waals surface area (Å²) in [6.45, 7) is 2.93. The fraction of sp³-hybridized carbons (Fsp3) is 0.750. The maximum absolute atomic E-state index is 6.08. The van der Waals surface area contributed by atoms with Gasteiger partial charge in [-0.2, -0.15) is 0 Å². The third kappa shape index (κ3) is 4.02. The zero-order valence-corrected chi connectivity index (χ0v) is 10.8. The second kappa shape index (κ2) is 5.51. The zero-order valence-electron chi connectivity index (χ0n) is 10.8. The van der Waals surface area contributed by atoms with Gasteiger partial charge in [0.05, 0.1) is 6.34 Å². The molecule has 0 aromatic heterocycles. The van der Waals surface area contributed by atoms with Crippen molar-refractivity contribution in [3.63, 3.8) is 0 Å². The van der Waals surface area contributed by atoms with Crippen molar-refractivity contribution >= 4 is 6.34 Å². The van der Waals surface area contributed by atoms with E-state index >= 15 is 0 Å². The lowest BCUT2D eigenvalue weighted by Crippen LogP contribution is -2.45. The lowest BCUT2D eigenvalue weighted by molar-refractivity contribution is 0.304. The van der Waals surface area contributed by atoms with Crippen molar-refractivity contribution in [2.45, 2.75) is 19.0 Å². The molecule has 0 amide bonds. The average Bonchev–Trinajstić information content (AvgIpc) is 3.08. The molecule has 1 saturated carbocycles. The summed E-state index contributed by atoms with van der Waals surface area (Å²) in [4.78, 5) is 8.59. The van der Waals surface area contributed by atoms with Crippen LogP contribution in [0.25, 0.3) is 0 Å². The molecule has 0 saturated heterocycles. The van der Waals surface area contributed by atoms with Crippen molar-refractivity contribution in [3.8, 4) is 0 Å². The highest BCUT2D eigenvalue weighted by atomic mass is 15.3. The van der Waals surface area contributed by atoms with Crippen molar-refractivity contribution in [2.75, 3.05) is 33.7 Å². The summed E-state index contributed by atoms with van der Waals surface area (Å²) >= 11 is 0. The van der Waals surface area contributed by atoms with Gasteiger partial charge in [0, 0.05) is 19.6 Å². The van der Waals surface area contributed by atoms with Gasteiger partial charge >= 0.3 is 0 Å². The Morgan fingerprint density at radius 2 is 2.29 bits per heavy atom. The number of nitrogens with two attached hydrogens (primary N) is 1. The summed E-state index contributed by atoms with van der Waals surface area (Å²) in [5.41, 5.74) is 6.08. The minimum Gasteiger partial charge on any atom is -0.370 e. The summed E-state index contributed by atoms with van der Waals surface area (Å²) in [6.07, 6.45) is 6.49. The van der Waals surface area contributed by atoms with Crippen LogP contribution in [-0.4, -0.2) is 56.0 Å². The zero-order chi connectivity index (χ0) is 12.3. The summed E-state index contributed by atoms with van der Waals surface area (Å²) in [7, 11) is 4.12. The Labute approximate surface area is 103 Å². The smallest absolute Gasteiger partial charge is 0.127 e. The molecule has 0 radical (unpaired) electrons. The number of nitrogens with one attached hydrogen (secondary N) is 1. The van der Waals surface area contributed by atoms with Crippen LogP contribution in [0.5, 0.6) is 0 Å². The Bertz CT molecular complexity index is 306. The largest absolute Gasteiger partial charge is 0.370 e. The molecule has 17 heavy (non-hydrogen) atoms. The number of aliphatic imine (C=N–C) groups is 1. The number of nitrogens with zero attached hydrogens (tertiary/aromatic N) is 3. The van der Waals surface area contributed by atoms with Crippen LogP contribution >= 0.6 is 0 Å². The van der Waals surface area contributed by atoms with E-state index in [4.69, 9.17) is 5.73 Å². The first kappa shape index (κ1) is 12.4. The van der Waals surface area contributed by atoms with Gasteiger partial charge in [-0.15, -0.1) is 0 Å². The van der Waals surface area contributed by atoms with Crippen molar-refractivity contribution in [1.82, 2.24) is 15.1 Å². The van der Waals surface area contributed by atoms with Gasteiger partial charge in [-0.05, 0) is 38.9 Å². The lowest BCUT2D eigenvalue weighted by Gasteiger charge is -2.29. The summed E-state index contributed by atoms with van der Waals surface area (Å²) in [5, 5.41) is 3.35. The van der Waals surface area contributed by atoms with Crippen LogP contribution in [-0.2, 0) is 0 Å². The van der Waals surface area contributed by atoms with Crippen LogP contribution in [0.3, 0.4) is 0 Å².